The molecule has 0 aliphatic carbocycles. The maximum absolute atomic E-state index is 13.3. The van der Waals surface area contributed by atoms with Crippen molar-refractivity contribution in [1.82, 2.24) is 9.97 Å². The largest absolute Gasteiger partial charge is 0.491 e. The van der Waals surface area contributed by atoms with Gasteiger partial charge in [0.15, 0.2) is 5.75 Å². The molecule has 0 radical (unpaired) electrons. The Morgan fingerprint density at radius 1 is 1.21 bits per heavy atom. The topological polar surface area (TPSA) is 84.5 Å². The van der Waals surface area contributed by atoms with E-state index >= 15 is 0 Å². The maximum atomic E-state index is 13.3. The van der Waals surface area contributed by atoms with E-state index in [2.05, 4.69) is 23.7 Å². The number of pyridine rings is 2. The number of esters is 1. The number of hydrogen-bond donors (Lipinski definition) is 1. The maximum Gasteiger partial charge on any atom is 0.344 e. The van der Waals surface area contributed by atoms with Crippen molar-refractivity contribution in [2.75, 3.05) is 31.7 Å². The molecule has 1 aliphatic heterocycles. The molecule has 1 N–H and O–H groups in total. The lowest BCUT2D eigenvalue weighted by Crippen LogP contribution is -2.39. The van der Waals surface area contributed by atoms with Crippen molar-refractivity contribution in [3.8, 4) is 17.0 Å². The average molecular weight is 450 g/mol. The van der Waals surface area contributed by atoms with Crippen molar-refractivity contribution in [3.63, 3.8) is 0 Å². The van der Waals surface area contributed by atoms with Crippen LogP contribution in [0.15, 0.2) is 35.1 Å². The lowest BCUT2D eigenvalue weighted by molar-refractivity contribution is 0.0525. The number of H-pyrrole nitrogens is 1. The van der Waals surface area contributed by atoms with Gasteiger partial charge in [0, 0.05) is 24.0 Å². The molecule has 0 saturated carbocycles. The highest BCUT2D eigenvalue weighted by molar-refractivity contribution is 6.00. The van der Waals surface area contributed by atoms with Gasteiger partial charge in [-0.05, 0) is 44.2 Å². The second kappa shape index (κ2) is 9.25. The number of carbonyl (C=O) groups is 1. The summed E-state index contributed by atoms with van der Waals surface area (Å²) in [6.45, 7) is 9.85. The zero-order valence-corrected chi connectivity index (χ0v) is 19.9. The van der Waals surface area contributed by atoms with Gasteiger partial charge in [0.2, 0.25) is 5.43 Å². The molecule has 174 valence electrons. The fourth-order valence-electron chi connectivity index (χ4n) is 4.92. The molecule has 7 heteroatoms. The molecule has 1 saturated heterocycles. The summed E-state index contributed by atoms with van der Waals surface area (Å²) >= 11 is 0. The Labute approximate surface area is 193 Å². The highest BCUT2D eigenvalue weighted by atomic mass is 16.5. The first-order valence-corrected chi connectivity index (χ1v) is 11.5. The number of fused-ring (bicyclic) bond motifs is 1. The average Bonchev–Trinajstić information content (AvgIpc) is 2.77. The van der Waals surface area contributed by atoms with Crippen LogP contribution in [0.5, 0.6) is 5.75 Å². The Hall–Kier alpha value is -3.35. The smallest absolute Gasteiger partial charge is 0.344 e. The molecule has 4 rings (SSSR count). The third-order valence-corrected chi connectivity index (χ3v) is 6.16. The van der Waals surface area contributed by atoms with Crippen molar-refractivity contribution in [1.29, 1.82) is 0 Å². The van der Waals surface area contributed by atoms with Crippen LogP contribution in [0.3, 0.4) is 0 Å². The first kappa shape index (κ1) is 22.8. The Morgan fingerprint density at radius 2 is 1.91 bits per heavy atom. The van der Waals surface area contributed by atoms with E-state index in [4.69, 9.17) is 14.5 Å². The number of hydrogen-bond acceptors (Lipinski definition) is 6. The van der Waals surface area contributed by atoms with Crippen molar-refractivity contribution in [2.45, 2.75) is 34.1 Å². The minimum absolute atomic E-state index is 0.0595. The van der Waals surface area contributed by atoms with Crippen LogP contribution in [0.1, 0.15) is 43.2 Å². The highest BCUT2D eigenvalue weighted by Gasteiger charge is 2.29. The summed E-state index contributed by atoms with van der Waals surface area (Å²) in [6, 6.07) is 9.88. The molecule has 0 bridgehead atoms. The molecule has 0 spiro atoms. The van der Waals surface area contributed by atoms with E-state index in [1.165, 1.54) is 7.11 Å². The summed E-state index contributed by atoms with van der Waals surface area (Å²) in [4.78, 5) is 36.8. The summed E-state index contributed by atoms with van der Waals surface area (Å²) < 4.78 is 10.6. The predicted octanol–water partition coefficient (Wildman–Crippen LogP) is 4.57. The third-order valence-electron chi connectivity index (χ3n) is 6.16. The van der Waals surface area contributed by atoms with Gasteiger partial charge in [-0.3, -0.25) is 4.79 Å². The highest BCUT2D eigenvalue weighted by Crippen LogP contribution is 2.36. The molecular weight excluding hydrogens is 418 g/mol. The quantitative estimate of drug-likeness (QED) is 0.575. The summed E-state index contributed by atoms with van der Waals surface area (Å²) in [7, 11) is 1.42. The zero-order chi connectivity index (χ0) is 23.7. The van der Waals surface area contributed by atoms with Gasteiger partial charge >= 0.3 is 5.97 Å². The number of para-hydroxylation sites is 1. The van der Waals surface area contributed by atoms with Crippen LogP contribution >= 0.6 is 0 Å². The standard InChI is InChI=1S/C26H31N3O4/c1-6-33-26(31)21-22(27-17(4)24(32-5)23(21)30)19-12-18-9-7-8-10-20(18)28-25(19)29-13-15(2)11-16(3)14-29/h7-10,12,15-16H,6,11,13-14H2,1-5H3,(H,27,30)/t15-,16-/m0/s1. The Balaban J connectivity index is 2.03. The summed E-state index contributed by atoms with van der Waals surface area (Å²) in [5.41, 5.74) is 1.99. The van der Waals surface area contributed by atoms with Gasteiger partial charge in [-0.15, -0.1) is 0 Å². The number of carbonyl (C=O) groups excluding carboxylic acids is 1. The van der Waals surface area contributed by atoms with E-state index < -0.39 is 11.4 Å². The summed E-state index contributed by atoms with van der Waals surface area (Å²) in [5, 5.41) is 0.929. The van der Waals surface area contributed by atoms with Crippen LogP contribution in [0.25, 0.3) is 22.2 Å². The lowest BCUT2D eigenvalue weighted by atomic mass is 9.91. The van der Waals surface area contributed by atoms with Gasteiger partial charge < -0.3 is 19.4 Å². The van der Waals surface area contributed by atoms with Gasteiger partial charge in [0.1, 0.15) is 11.4 Å². The van der Waals surface area contributed by atoms with Crippen LogP contribution in [0.2, 0.25) is 0 Å². The molecule has 1 aromatic carbocycles. The number of aromatic nitrogens is 2. The first-order chi connectivity index (χ1) is 15.8. The molecular formula is C26H31N3O4. The van der Waals surface area contributed by atoms with Crippen molar-refractivity contribution < 1.29 is 14.3 Å². The van der Waals surface area contributed by atoms with E-state index in [-0.39, 0.29) is 17.9 Å². The van der Waals surface area contributed by atoms with Gasteiger partial charge in [0.05, 0.1) is 30.6 Å². The van der Waals surface area contributed by atoms with Gasteiger partial charge in [-0.2, -0.15) is 0 Å². The molecule has 7 nitrogen and oxygen atoms in total. The van der Waals surface area contributed by atoms with E-state index in [1.54, 1.807) is 13.8 Å². The van der Waals surface area contributed by atoms with Gasteiger partial charge in [0.25, 0.3) is 0 Å². The summed E-state index contributed by atoms with van der Waals surface area (Å²) in [6.07, 6.45) is 1.16. The number of anilines is 1. The van der Waals surface area contributed by atoms with E-state index in [0.717, 1.165) is 36.2 Å². The third kappa shape index (κ3) is 4.32. The molecule has 1 aliphatic rings. The molecule has 1 fully saturated rings. The van der Waals surface area contributed by atoms with Crippen molar-refractivity contribution in [2.24, 2.45) is 11.8 Å². The number of methoxy groups -OCH3 is 1. The van der Waals surface area contributed by atoms with Crippen LogP contribution in [-0.2, 0) is 4.74 Å². The monoisotopic (exact) mass is 449 g/mol. The SMILES string of the molecule is CCOC(=O)c1c(-c2cc3ccccc3nc2N2C[C@@H](C)C[C@H](C)C2)[nH]c(C)c(OC)c1=O. The summed E-state index contributed by atoms with van der Waals surface area (Å²) in [5.74, 6) is 1.22. The van der Waals surface area contributed by atoms with E-state index in [0.29, 0.717) is 28.8 Å². The number of rotatable bonds is 5. The molecule has 3 heterocycles. The van der Waals surface area contributed by atoms with Gasteiger partial charge in [-0.1, -0.05) is 32.0 Å². The fourth-order valence-corrected chi connectivity index (χ4v) is 4.92. The molecule has 0 amide bonds. The van der Waals surface area contributed by atoms with Crippen molar-refractivity contribution >= 4 is 22.7 Å². The first-order valence-electron chi connectivity index (χ1n) is 11.5. The van der Waals surface area contributed by atoms with E-state index in [9.17, 15) is 9.59 Å². The number of benzene rings is 1. The number of aromatic amines is 1. The molecule has 33 heavy (non-hydrogen) atoms. The second-order valence-corrected chi connectivity index (χ2v) is 8.99. The molecule has 0 unspecified atom stereocenters. The van der Waals surface area contributed by atoms with E-state index in [1.807, 2.05) is 30.3 Å². The van der Waals surface area contributed by atoms with Crippen LogP contribution < -0.4 is 15.1 Å². The fraction of sp³-hybridized carbons (Fsp3) is 0.423. The van der Waals surface area contributed by atoms with Crippen molar-refractivity contribution in [3.05, 3.63) is 51.8 Å². The number of piperidine rings is 1. The minimum Gasteiger partial charge on any atom is -0.491 e. The Bertz CT molecular complexity index is 1240. The minimum atomic E-state index is -0.675. The Kier molecular flexibility index (Phi) is 6.40. The number of ether oxygens (including phenoxy) is 2. The number of nitrogens with zero attached hydrogens (tertiary/aromatic N) is 2. The predicted molar refractivity (Wildman–Crippen MR) is 130 cm³/mol. The van der Waals surface area contributed by atoms with Crippen LogP contribution in [-0.4, -0.2) is 42.7 Å². The van der Waals surface area contributed by atoms with Gasteiger partial charge in [-0.25, -0.2) is 9.78 Å². The van der Waals surface area contributed by atoms with Crippen LogP contribution in [0, 0.1) is 18.8 Å². The molecule has 2 aromatic heterocycles. The number of nitrogens with one attached hydrogen (secondary N) is 1. The second-order valence-electron chi connectivity index (χ2n) is 8.99. The lowest BCUT2D eigenvalue weighted by Gasteiger charge is -2.37. The molecule has 3 aromatic rings. The Morgan fingerprint density at radius 3 is 2.58 bits per heavy atom. The number of aryl methyl sites for hydroxylation is 1. The van der Waals surface area contributed by atoms with Crippen LogP contribution in [0.4, 0.5) is 5.82 Å². The zero-order valence-electron chi connectivity index (χ0n) is 19.9. The molecule has 2 atom stereocenters. The normalized spacial score (nSPS) is 18.4.